The van der Waals surface area contributed by atoms with Crippen molar-refractivity contribution < 1.29 is 0 Å². The first-order valence-corrected chi connectivity index (χ1v) is 11.9. The van der Waals surface area contributed by atoms with E-state index >= 15 is 0 Å². The molecule has 0 fully saturated rings. The Morgan fingerprint density at radius 2 is 1.88 bits per heavy atom. The van der Waals surface area contributed by atoms with Crippen molar-refractivity contribution in [3.63, 3.8) is 0 Å². The molecule has 6 aromatic rings. The lowest BCUT2D eigenvalue weighted by Crippen LogP contribution is -2.15. The minimum absolute atomic E-state index is 0.121. The van der Waals surface area contributed by atoms with Gasteiger partial charge in [0.15, 0.2) is 0 Å². The van der Waals surface area contributed by atoms with Gasteiger partial charge in [-0.3, -0.25) is 15.0 Å². The largest absolute Gasteiger partial charge is 0.373 e. The molecule has 0 spiro atoms. The molecule has 0 bridgehead atoms. The maximum absolute atomic E-state index is 4.68. The number of nitrogens with one attached hydrogen (secondary N) is 1. The number of thiophene rings is 1. The SMILES string of the molecule is Cc1csc2ccc(-c3cc(NC(c4cccnc4)c4cncn4C)cc4nccnc34)cc12. The van der Waals surface area contributed by atoms with Gasteiger partial charge in [-0.1, -0.05) is 12.1 Å². The normalized spacial score (nSPS) is 12.3. The van der Waals surface area contributed by atoms with Crippen LogP contribution < -0.4 is 5.32 Å². The molecule has 1 atom stereocenters. The minimum atomic E-state index is -0.121. The maximum Gasteiger partial charge on any atom is 0.0966 e. The van der Waals surface area contributed by atoms with Gasteiger partial charge in [0, 0.05) is 47.8 Å². The molecule has 6 nitrogen and oxygen atoms in total. The molecule has 1 unspecified atom stereocenters. The summed E-state index contributed by atoms with van der Waals surface area (Å²) in [5.74, 6) is 0. The number of aromatic nitrogens is 5. The Bertz CT molecular complexity index is 1620. The van der Waals surface area contributed by atoms with Crippen LogP contribution in [0.1, 0.15) is 22.9 Å². The number of imidazole rings is 1. The summed E-state index contributed by atoms with van der Waals surface area (Å²) in [5, 5.41) is 7.20. The fourth-order valence-corrected chi connectivity index (χ4v) is 5.31. The van der Waals surface area contributed by atoms with E-state index in [1.807, 2.05) is 36.4 Å². The van der Waals surface area contributed by atoms with Crippen molar-refractivity contribution in [3.05, 3.63) is 102 Å². The Kier molecular flexibility index (Phi) is 5.04. The molecule has 0 aliphatic heterocycles. The standard InChI is InChI=1S/C27H22N6S/c1-17-15-34-25-6-5-18(10-21(17)25)22-11-20(12-23-27(22)31-9-8-30-23)32-26(19-4-3-7-28-13-19)24-14-29-16-33(24)2/h3-16,26,32H,1-2H3. The molecule has 34 heavy (non-hydrogen) atoms. The van der Waals surface area contributed by atoms with Crippen molar-refractivity contribution in [3.8, 4) is 11.1 Å². The van der Waals surface area contributed by atoms with Crippen molar-refractivity contribution in [1.29, 1.82) is 0 Å². The number of hydrogen-bond donors (Lipinski definition) is 1. The van der Waals surface area contributed by atoms with Crippen molar-refractivity contribution in [2.45, 2.75) is 13.0 Å². The van der Waals surface area contributed by atoms with Crippen molar-refractivity contribution in [2.24, 2.45) is 7.05 Å². The molecule has 7 heteroatoms. The molecule has 4 heterocycles. The Morgan fingerprint density at radius 1 is 0.971 bits per heavy atom. The summed E-state index contributed by atoms with van der Waals surface area (Å²) >= 11 is 1.78. The van der Waals surface area contributed by atoms with Gasteiger partial charge in [-0.05, 0) is 64.7 Å². The number of nitrogens with zero attached hydrogens (tertiary/aromatic N) is 5. The molecule has 0 saturated carbocycles. The van der Waals surface area contributed by atoms with E-state index in [9.17, 15) is 0 Å². The first-order chi connectivity index (χ1) is 16.7. The van der Waals surface area contributed by atoms with Crippen LogP contribution in [0.4, 0.5) is 5.69 Å². The van der Waals surface area contributed by atoms with Crippen LogP contribution in [0.5, 0.6) is 0 Å². The lowest BCUT2D eigenvalue weighted by atomic mass is 9.99. The molecule has 2 aromatic carbocycles. The number of hydrogen-bond acceptors (Lipinski definition) is 6. The third-order valence-corrected chi connectivity index (χ3v) is 7.21. The van der Waals surface area contributed by atoms with Crippen molar-refractivity contribution in [2.75, 3.05) is 5.32 Å². The van der Waals surface area contributed by atoms with Gasteiger partial charge in [0.2, 0.25) is 0 Å². The summed E-state index contributed by atoms with van der Waals surface area (Å²) in [6.07, 6.45) is 10.9. The Hall–Kier alpha value is -4.10. The lowest BCUT2D eigenvalue weighted by Gasteiger charge is -2.21. The molecule has 0 amide bonds. The second kappa shape index (κ2) is 8.35. The predicted octanol–water partition coefficient (Wildman–Crippen LogP) is 6.15. The van der Waals surface area contributed by atoms with Crippen molar-refractivity contribution >= 4 is 38.1 Å². The first kappa shape index (κ1) is 20.5. The van der Waals surface area contributed by atoms with Gasteiger partial charge in [0.25, 0.3) is 0 Å². The summed E-state index contributed by atoms with van der Waals surface area (Å²) in [6.45, 7) is 2.16. The second-order valence-corrected chi connectivity index (χ2v) is 9.28. The molecule has 0 aliphatic carbocycles. The highest BCUT2D eigenvalue weighted by Gasteiger charge is 2.19. The van der Waals surface area contributed by atoms with Gasteiger partial charge in [0.05, 0.1) is 35.3 Å². The fourth-order valence-electron chi connectivity index (χ4n) is 4.39. The van der Waals surface area contributed by atoms with Crippen LogP contribution in [0.2, 0.25) is 0 Å². The van der Waals surface area contributed by atoms with E-state index in [2.05, 4.69) is 74.0 Å². The number of rotatable bonds is 5. The number of anilines is 1. The van der Waals surface area contributed by atoms with E-state index in [-0.39, 0.29) is 6.04 Å². The van der Waals surface area contributed by atoms with E-state index in [4.69, 9.17) is 0 Å². The van der Waals surface area contributed by atoms with Crippen LogP contribution in [-0.2, 0) is 7.05 Å². The summed E-state index contributed by atoms with van der Waals surface area (Å²) in [7, 11) is 2.00. The van der Waals surface area contributed by atoms with Crippen molar-refractivity contribution in [1.82, 2.24) is 24.5 Å². The van der Waals surface area contributed by atoms with Gasteiger partial charge >= 0.3 is 0 Å². The topological polar surface area (TPSA) is 68.5 Å². The van der Waals surface area contributed by atoms with Crippen LogP contribution in [-0.4, -0.2) is 24.5 Å². The van der Waals surface area contributed by atoms with Crippen LogP contribution >= 0.6 is 11.3 Å². The highest BCUT2D eigenvalue weighted by atomic mass is 32.1. The number of pyridine rings is 1. The summed E-state index contributed by atoms with van der Waals surface area (Å²) in [6, 6.07) is 14.8. The molecular weight excluding hydrogens is 440 g/mol. The average Bonchev–Trinajstić information content (AvgIpc) is 3.47. The molecule has 4 aromatic heterocycles. The summed E-state index contributed by atoms with van der Waals surface area (Å²) in [5.41, 5.74) is 8.27. The Labute approximate surface area is 201 Å². The average molecular weight is 463 g/mol. The fraction of sp³-hybridized carbons (Fsp3) is 0.111. The van der Waals surface area contributed by atoms with E-state index in [0.29, 0.717) is 0 Å². The molecule has 1 N–H and O–H groups in total. The van der Waals surface area contributed by atoms with E-state index < -0.39 is 0 Å². The zero-order valence-electron chi connectivity index (χ0n) is 18.8. The van der Waals surface area contributed by atoms with Gasteiger partial charge in [-0.25, -0.2) is 4.98 Å². The van der Waals surface area contributed by atoms with Gasteiger partial charge in [0.1, 0.15) is 0 Å². The molecule has 0 aliphatic rings. The number of fused-ring (bicyclic) bond motifs is 2. The van der Waals surface area contributed by atoms with Crippen LogP contribution in [0.15, 0.2) is 85.2 Å². The number of benzene rings is 2. The molecule has 166 valence electrons. The monoisotopic (exact) mass is 462 g/mol. The van der Waals surface area contributed by atoms with E-state index in [0.717, 1.165) is 39.1 Å². The maximum atomic E-state index is 4.68. The minimum Gasteiger partial charge on any atom is -0.373 e. The van der Waals surface area contributed by atoms with E-state index in [1.54, 1.807) is 29.9 Å². The smallest absolute Gasteiger partial charge is 0.0966 e. The van der Waals surface area contributed by atoms with Gasteiger partial charge in [-0.15, -0.1) is 11.3 Å². The lowest BCUT2D eigenvalue weighted by molar-refractivity contribution is 0.775. The molecular formula is C27H22N6S. The highest BCUT2D eigenvalue weighted by Crippen LogP contribution is 2.36. The quantitative estimate of drug-likeness (QED) is 0.333. The Balaban J connectivity index is 1.51. The molecule has 6 rings (SSSR count). The van der Waals surface area contributed by atoms with Crippen LogP contribution in [0.25, 0.3) is 32.2 Å². The van der Waals surface area contributed by atoms with Gasteiger partial charge in [-0.2, -0.15) is 0 Å². The summed E-state index contributed by atoms with van der Waals surface area (Å²) < 4.78 is 3.32. The zero-order chi connectivity index (χ0) is 23.1. The summed E-state index contributed by atoms with van der Waals surface area (Å²) in [4.78, 5) is 18.0. The first-order valence-electron chi connectivity index (χ1n) is 11.0. The molecule has 0 radical (unpaired) electrons. The van der Waals surface area contributed by atoms with Crippen LogP contribution in [0.3, 0.4) is 0 Å². The third-order valence-electron chi connectivity index (χ3n) is 6.13. The van der Waals surface area contributed by atoms with Crippen LogP contribution in [0, 0.1) is 6.92 Å². The highest BCUT2D eigenvalue weighted by molar-refractivity contribution is 7.17. The number of aryl methyl sites for hydroxylation is 2. The zero-order valence-corrected chi connectivity index (χ0v) is 19.6. The van der Waals surface area contributed by atoms with E-state index in [1.165, 1.54) is 15.6 Å². The van der Waals surface area contributed by atoms with Gasteiger partial charge < -0.3 is 9.88 Å². The molecule has 0 saturated heterocycles. The predicted molar refractivity (Wildman–Crippen MR) is 138 cm³/mol. The third kappa shape index (κ3) is 3.60. The Morgan fingerprint density at radius 3 is 2.71 bits per heavy atom. The second-order valence-electron chi connectivity index (χ2n) is 8.37.